The van der Waals surface area contributed by atoms with Gasteiger partial charge < -0.3 is 14.6 Å². The zero-order valence-corrected chi connectivity index (χ0v) is 12.9. The number of aromatic nitrogens is 1. The second-order valence-corrected chi connectivity index (χ2v) is 6.00. The lowest BCUT2D eigenvalue weighted by Gasteiger charge is -2.29. The fraction of sp³-hybridized carbons (Fsp3) is 0.556. The summed E-state index contributed by atoms with van der Waals surface area (Å²) in [5, 5.41) is 5.04. The maximum absolute atomic E-state index is 5.73. The number of fused-ring (bicyclic) bond motifs is 1. The van der Waals surface area contributed by atoms with E-state index in [4.69, 9.17) is 4.74 Å². The van der Waals surface area contributed by atoms with E-state index in [1.165, 1.54) is 23.7 Å². The molecule has 3 heteroatoms. The van der Waals surface area contributed by atoms with Crippen LogP contribution in [0.4, 0.5) is 0 Å². The van der Waals surface area contributed by atoms with Crippen LogP contribution in [0, 0.1) is 0 Å². The molecule has 2 unspecified atom stereocenters. The first-order chi connectivity index (χ1) is 10.4. The Labute approximate surface area is 127 Å². The first-order valence-corrected chi connectivity index (χ1v) is 8.25. The molecule has 2 aromatic rings. The van der Waals surface area contributed by atoms with E-state index in [0.29, 0.717) is 12.1 Å². The van der Waals surface area contributed by atoms with Gasteiger partial charge in [0.15, 0.2) is 0 Å². The van der Waals surface area contributed by atoms with Crippen molar-refractivity contribution in [3.63, 3.8) is 0 Å². The monoisotopic (exact) mass is 286 g/mol. The third-order valence-corrected chi connectivity index (χ3v) is 4.51. The SMILES string of the molecule is CCC1CC(NCCCn2ccc3ccccc32)CCO1. The van der Waals surface area contributed by atoms with Crippen molar-refractivity contribution < 1.29 is 4.74 Å². The van der Waals surface area contributed by atoms with Gasteiger partial charge in [-0.05, 0) is 49.7 Å². The van der Waals surface area contributed by atoms with E-state index < -0.39 is 0 Å². The predicted octanol–water partition coefficient (Wildman–Crippen LogP) is 3.58. The largest absolute Gasteiger partial charge is 0.378 e. The van der Waals surface area contributed by atoms with Crippen molar-refractivity contribution in [2.45, 2.75) is 51.3 Å². The van der Waals surface area contributed by atoms with Crippen molar-refractivity contribution in [2.75, 3.05) is 13.2 Å². The van der Waals surface area contributed by atoms with Gasteiger partial charge in [0.05, 0.1) is 6.10 Å². The molecule has 1 aliphatic heterocycles. The molecule has 1 aromatic carbocycles. The summed E-state index contributed by atoms with van der Waals surface area (Å²) in [7, 11) is 0. The summed E-state index contributed by atoms with van der Waals surface area (Å²) < 4.78 is 8.08. The van der Waals surface area contributed by atoms with Gasteiger partial charge >= 0.3 is 0 Å². The molecule has 1 N–H and O–H groups in total. The van der Waals surface area contributed by atoms with Crippen LogP contribution < -0.4 is 5.32 Å². The molecule has 0 bridgehead atoms. The Morgan fingerprint density at radius 3 is 3.10 bits per heavy atom. The van der Waals surface area contributed by atoms with Crippen LogP contribution in [0.25, 0.3) is 10.9 Å². The zero-order valence-electron chi connectivity index (χ0n) is 12.9. The fourth-order valence-corrected chi connectivity index (χ4v) is 3.24. The molecule has 0 saturated carbocycles. The number of ether oxygens (including phenoxy) is 1. The van der Waals surface area contributed by atoms with E-state index in [-0.39, 0.29) is 0 Å². The molecule has 0 amide bonds. The third-order valence-electron chi connectivity index (χ3n) is 4.51. The van der Waals surface area contributed by atoms with E-state index in [0.717, 1.165) is 32.5 Å². The van der Waals surface area contributed by atoms with Crippen LogP contribution in [0.15, 0.2) is 36.5 Å². The quantitative estimate of drug-likeness (QED) is 0.822. The summed E-state index contributed by atoms with van der Waals surface area (Å²) in [4.78, 5) is 0. The van der Waals surface area contributed by atoms with E-state index >= 15 is 0 Å². The standard InChI is InChI=1S/C18H26N2O/c1-2-17-14-16(9-13-21-17)19-10-5-11-20-12-8-15-6-3-4-7-18(15)20/h3-4,6-8,12,16-17,19H,2,5,9-11,13-14H2,1H3. The molecule has 0 radical (unpaired) electrons. The predicted molar refractivity (Wildman–Crippen MR) is 87.6 cm³/mol. The second-order valence-electron chi connectivity index (χ2n) is 6.00. The molecule has 2 heterocycles. The van der Waals surface area contributed by atoms with E-state index in [1.54, 1.807) is 0 Å². The molecule has 3 nitrogen and oxygen atoms in total. The Kier molecular flexibility index (Phi) is 4.94. The molecule has 3 rings (SSSR count). The van der Waals surface area contributed by atoms with Gasteiger partial charge in [0.1, 0.15) is 0 Å². The third kappa shape index (κ3) is 3.66. The van der Waals surface area contributed by atoms with Gasteiger partial charge in [0, 0.05) is 30.9 Å². The van der Waals surface area contributed by atoms with Crippen LogP contribution in [0.3, 0.4) is 0 Å². The van der Waals surface area contributed by atoms with Crippen LogP contribution in [0.1, 0.15) is 32.6 Å². The minimum Gasteiger partial charge on any atom is -0.378 e. The summed E-state index contributed by atoms with van der Waals surface area (Å²) in [6, 6.07) is 11.4. The Morgan fingerprint density at radius 2 is 2.19 bits per heavy atom. The number of rotatable bonds is 6. The molecule has 2 atom stereocenters. The summed E-state index contributed by atoms with van der Waals surface area (Å²) in [5.41, 5.74) is 1.34. The van der Waals surface area contributed by atoms with Crippen molar-refractivity contribution in [1.29, 1.82) is 0 Å². The second kappa shape index (κ2) is 7.10. The molecular formula is C18H26N2O. The zero-order chi connectivity index (χ0) is 14.5. The summed E-state index contributed by atoms with van der Waals surface area (Å²) in [5.74, 6) is 0. The average Bonchev–Trinajstić information content (AvgIpc) is 2.95. The van der Waals surface area contributed by atoms with Crippen LogP contribution in [0.2, 0.25) is 0 Å². The number of aryl methyl sites for hydroxylation is 1. The lowest BCUT2D eigenvalue weighted by Crippen LogP contribution is -2.39. The van der Waals surface area contributed by atoms with Crippen molar-refractivity contribution in [3.05, 3.63) is 36.5 Å². The maximum Gasteiger partial charge on any atom is 0.0587 e. The highest BCUT2D eigenvalue weighted by Crippen LogP contribution is 2.17. The van der Waals surface area contributed by atoms with Gasteiger partial charge in [0.2, 0.25) is 0 Å². The minimum atomic E-state index is 0.463. The molecule has 1 aliphatic rings. The minimum absolute atomic E-state index is 0.463. The van der Waals surface area contributed by atoms with Crippen molar-refractivity contribution in [1.82, 2.24) is 9.88 Å². The fourth-order valence-electron chi connectivity index (χ4n) is 3.24. The van der Waals surface area contributed by atoms with Crippen molar-refractivity contribution in [2.24, 2.45) is 0 Å². The van der Waals surface area contributed by atoms with Gasteiger partial charge in [-0.15, -0.1) is 0 Å². The molecule has 0 spiro atoms. The smallest absolute Gasteiger partial charge is 0.0587 e. The van der Waals surface area contributed by atoms with Crippen LogP contribution >= 0.6 is 0 Å². The Bertz CT molecular complexity index is 563. The Morgan fingerprint density at radius 1 is 1.29 bits per heavy atom. The highest BCUT2D eigenvalue weighted by Gasteiger charge is 2.20. The van der Waals surface area contributed by atoms with Gasteiger partial charge in [-0.2, -0.15) is 0 Å². The van der Waals surface area contributed by atoms with Gasteiger partial charge in [0.25, 0.3) is 0 Å². The Hall–Kier alpha value is -1.32. The summed E-state index contributed by atoms with van der Waals surface area (Å²) in [6.45, 7) is 5.30. The Balaban J connectivity index is 1.44. The van der Waals surface area contributed by atoms with Crippen LogP contribution in [-0.4, -0.2) is 29.9 Å². The van der Waals surface area contributed by atoms with Crippen molar-refractivity contribution >= 4 is 10.9 Å². The normalized spacial score (nSPS) is 22.7. The van der Waals surface area contributed by atoms with Gasteiger partial charge in [-0.1, -0.05) is 25.1 Å². The van der Waals surface area contributed by atoms with E-state index in [9.17, 15) is 0 Å². The summed E-state index contributed by atoms with van der Waals surface area (Å²) in [6.07, 6.45) is 7.29. The number of hydrogen-bond donors (Lipinski definition) is 1. The number of nitrogens with zero attached hydrogens (tertiary/aromatic N) is 1. The number of nitrogens with one attached hydrogen (secondary N) is 1. The lowest BCUT2D eigenvalue weighted by atomic mass is 10.0. The average molecular weight is 286 g/mol. The maximum atomic E-state index is 5.73. The van der Waals surface area contributed by atoms with E-state index in [1.807, 2.05) is 0 Å². The molecule has 1 saturated heterocycles. The topological polar surface area (TPSA) is 26.2 Å². The molecule has 21 heavy (non-hydrogen) atoms. The lowest BCUT2D eigenvalue weighted by molar-refractivity contribution is -0.0000145. The number of benzene rings is 1. The van der Waals surface area contributed by atoms with E-state index in [2.05, 4.69) is 53.3 Å². The molecule has 0 aliphatic carbocycles. The molecule has 114 valence electrons. The van der Waals surface area contributed by atoms with Gasteiger partial charge in [-0.3, -0.25) is 0 Å². The molecular weight excluding hydrogens is 260 g/mol. The number of hydrogen-bond acceptors (Lipinski definition) is 2. The molecule has 1 aromatic heterocycles. The first kappa shape index (κ1) is 14.6. The van der Waals surface area contributed by atoms with Crippen molar-refractivity contribution in [3.8, 4) is 0 Å². The first-order valence-electron chi connectivity index (χ1n) is 8.25. The summed E-state index contributed by atoms with van der Waals surface area (Å²) >= 11 is 0. The molecule has 1 fully saturated rings. The number of para-hydroxylation sites is 1. The highest BCUT2D eigenvalue weighted by atomic mass is 16.5. The van der Waals surface area contributed by atoms with Crippen LogP contribution in [0.5, 0.6) is 0 Å². The van der Waals surface area contributed by atoms with Gasteiger partial charge in [-0.25, -0.2) is 0 Å². The van der Waals surface area contributed by atoms with Crippen LogP contribution in [-0.2, 0) is 11.3 Å². The highest BCUT2D eigenvalue weighted by molar-refractivity contribution is 5.79.